The molecule has 5 heteroatoms. The number of aryl methyl sites for hydroxylation is 1. The van der Waals surface area contributed by atoms with Crippen LogP contribution in [0.25, 0.3) is 5.65 Å². The molecule has 5 nitrogen and oxygen atoms in total. The lowest BCUT2D eigenvalue weighted by molar-refractivity contribution is -0.114. The van der Waals surface area contributed by atoms with Gasteiger partial charge in [-0.1, -0.05) is 12.1 Å². The zero-order valence-corrected chi connectivity index (χ0v) is 15.1. The maximum Gasteiger partial charge on any atom is 0.221 e. The van der Waals surface area contributed by atoms with E-state index in [1.54, 1.807) is 0 Å². The first-order chi connectivity index (χ1) is 12.5. The average molecular weight is 347 g/mol. The van der Waals surface area contributed by atoms with Gasteiger partial charge in [0.25, 0.3) is 0 Å². The highest BCUT2D eigenvalue weighted by Gasteiger charge is 2.15. The van der Waals surface area contributed by atoms with E-state index in [0.29, 0.717) is 12.2 Å². The largest absolute Gasteiger partial charge is 0.482 e. The molecule has 2 aromatic heterocycles. The van der Waals surface area contributed by atoms with Crippen molar-refractivity contribution in [2.45, 2.75) is 33.3 Å². The van der Waals surface area contributed by atoms with Crippen molar-refractivity contribution < 1.29 is 9.53 Å². The highest BCUT2D eigenvalue weighted by Crippen LogP contribution is 2.28. The Kier molecular flexibility index (Phi) is 4.94. The second-order valence-corrected chi connectivity index (χ2v) is 6.16. The number of rotatable bonds is 5. The number of benzene rings is 1. The van der Waals surface area contributed by atoms with Gasteiger partial charge in [0.2, 0.25) is 5.91 Å². The number of ether oxygens (including phenoxy) is 1. The Morgan fingerprint density at radius 3 is 2.92 bits per heavy atom. The van der Waals surface area contributed by atoms with E-state index in [1.165, 1.54) is 6.92 Å². The summed E-state index contributed by atoms with van der Waals surface area (Å²) in [6.07, 6.45) is 7.73. The molecule has 3 aromatic rings. The lowest BCUT2D eigenvalue weighted by Crippen LogP contribution is -2.08. The molecular formula is C21H21N3O2. The molecule has 1 atom stereocenters. The minimum Gasteiger partial charge on any atom is -0.482 e. The van der Waals surface area contributed by atoms with E-state index >= 15 is 0 Å². The Bertz CT molecular complexity index is 998. The van der Waals surface area contributed by atoms with Gasteiger partial charge in [0, 0.05) is 18.8 Å². The first-order valence-corrected chi connectivity index (χ1v) is 8.44. The molecule has 3 rings (SSSR count). The fourth-order valence-corrected chi connectivity index (χ4v) is 2.94. The average Bonchev–Trinajstić information content (AvgIpc) is 2.92. The topological polar surface area (TPSA) is 55.6 Å². The first kappa shape index (κ1) is 17.6. The van der Waals surface area contributed by atoms with Crippen molar-refractivity contribution in [2.24, 2.45) is 0 Å². The van der Waals surface area contributed by atoms with E-state index in [-0.39, 0.29) is 12.0 Å². The quantitative estimate of drug-likeness (QED) is 0.712. The Morgan fingerprint density at radius 1 is 1.38 bits per heavy atom. The van der Waals surface area contributed by atoms with Gasteiger partial charge in [0.05, 0.1) is 17.8 Å². The molecule has 26 heavy (non-hydrogen) atoms. The second kappa shape index (κ2) is 7.32. The summed E-state index contributed by atoms with van der Waals surface area (Å²) >= 11 is 0. The molecule has 2 heterocycles. The van der Waals surface area contributed by atoms with E-state index in [4.69, 9.17) is 11.2 Å². The van der Waals surface area contributed by atoms with Crippen LogP contribution in [0.5, 0.6) is 5.75 Å². The molecule has 0 aliphatic heterocycles. The number of imidazole rings is 1. The molecule has 0 spiro atoms. The van der Waals surface area contributed by atoms with Crippen LogP contribution in [-0.2, 0) is 11.2 Å². The highest BCUT2D eigenvalue weighted by atomic mass is 16.5. The van der Waals surface area contributed by atoms with Crippen LogP contribution < -0.4 is 10.1 Å². The Labute approximate surface area is 153 Å². The van der Waals surface area contributed by atoms with Crippen LogP contribution in [0.4, 0.5) is 5.69 Å². The predicted molar refractivity (Wildman–Crippen MR) is 102 cm³/mol. The molecule has 1 unspecified atom stereocenters. The fourth-order valence-electron chi connectivity index (χ4n) is 2.94. The normalized spacial score (nSPS) is 11.8. The Hall–Kier alpha value is -3.26. The molecule has 0 fully saturated rings. The molecule has 0 saturated carbocycles. The third-order valence-electron chi connectivity index (χ3n) is 4.16. The van der Waals surface area contributed by atoms with E-state index in [1.807, 2.05) is 60.8 Å². The summed E-state index contributed by atoms with van der Waals surface area (Å²) in [6, 6.07) is 11.4. The summed E-state index contributed by atoms with van der Waals surface area (Å²) in [5.41, 5.74) is 4.36. The van der Waals surface area contributed by atoms with Crippen LogP contribution in [0.15, 0.2) is 42.6 Å². The SMILES string of the molecule is C#CCc1c(C)nc2c(OC(C)c3cccc(NC(C)=O)c3)cccn12. The van der Waals surface area contributed by atoms with Crippen LogP contribution in [0.2, 0.25) is 0 Å². The number of aromatic nitrogens is 2. The number of amides is 1. The van der Waals surface area contributed by atoms with E-state index in [0.717, 1.165) is 28.3 Å². The minimum absolute atomic E-state index is 0.102. The van der Waals surface area contributed by atoms with Gasteiger partial charge in [-0.3, -0.25) is 9.20 Å². The van der Waals surface area contributed by atoms with Gasteiger partial charge in [0.1, 0.15) is 6.10 Å². The van der Waals surface area contributed by atoms with Gasteiger partial charge in [-0.2, -0.15) is 0 Å². The molecule has 1 N–H and O–H groups in total. The van der Waals surface area contributed by atoms with Crippen LogP contribution >= 0.6 is 0 Å². The number of nitrogens with one attached hydrogen (secondary N) is 1. The van der Waals surface area contributed by atoms with Crippen LogP contribution in [0.3, 0.4) is 0 Å². The molecule has 0 saturated heterocycles. The van der Waals surface area contributed by atoms with Crippen molar-refractivity contribution in [3.63, 3.8) is 0 Å². The van der Waals surface area contributed by atoms with Gasteiger partial charge >= 0.3 is 0 Å². The zero-order valence-electron chi connectivity index (χ0n) is 15.1. The van der Waals surface area contributed by atoms with Crippen molar-refractivity contribution in [1.29, 1.82) is 0 Å². The van der Waals surface area contributed by atoms with E-state index in [9.17, 15) is 4.79 Å². The maximum atomic E-state index is 11.3. The number of hydrogen-bond donors (Lipinski definition) is 1. The molecule has 1 aromatic carbocycles. The number of anilines is 1. The highest BCUT2D eigenvalue weighted by molar-refractivity contribution is 5.88. The summed E-state index contributed by atoms with van der Waals surface area (Å²) in [4.78, 5) is 15.9. The lowest BCUT2D eigenvalue weighted by Gasteiger charge is -2.16. The van der Waals surface area contributed by atoms with Crippen molar-refractivity contribution in [1.82, 2.24) is 9.38 Å². The monoisotopic (exact) mass is 347 g/mol. The van der Waals surface area contributed by atoms with Gasteiger partial charge in [0.15, 0.2) is 11.4 Å². The predicted octanol–water partition coefficient (Wildman–Crippen LogP) is 3.92. The first-order valence-electron chi connectivity index (χ1n) is 8.44. The maximum absolute atomic E-state index is 11.3. The molecule has 0 radical (unpaired) electrons. The number of hydrogen-bond acceptors (Lipinski definition) is 3. The van der Waals surface area contributed by atoms with Gasteiger partial charge in [-0.25, -0.2) is 4.98 Å². The van der Waals surface area contributed by atoms with Crippen LogP contribution in [0, 0.1) is 19.3 Å². The zero-order chi connectivity index (χ0) is 18.7. The number of fused-ring (bicyclic) bond motifs is 1. The summed E-state index contributed by atoms with van der Waals surface area (Å²) < 4.78 is 8.15. The molecular weight excluding hydrogens is 326 g/mol. The fraction of sp³-hybridized carbons (Fsp3) is 0.238. The summed E-state index contributed by atoms with van der Waals surface area (Å²) in [5, 5.41) is 2.79. The van der Waals surface area contributed by atoms with Gasteiger partial charge < -0.3 is 10.1 Å². The van der Waals surface area contributed by atoms with Crippen molar-refractivity contribution in [3.05, 3.63) is 59.5 Å². The Balaban J connectivity index is 1.90. The van der Waals surface area contributed by atoms with Crippen LogP contribution in [0.1, 0.15) is 36.9 Å². The smallest absolute Gasteiger partial charge is 0.221 e. The van der Waals surface area contributed by atoms with Crippen LogP contribution in [-0.4, -0.2) is 15.3 Å². The molecule has 0 aliphatic rings. The minimum atomic E-state index is -0.206. The number of nitrogens with zero attached hydrogens (tertiary/aromatic N) is 2. The number of terminal acetylenes is 1. The number of carbonyl (C=O) groups is 1. The Morgan fingerprint density at radius 2 is 2.19 bits per heavy atom. The van der Waals surface area contributed by atoms with Gasteiger partial charge in [-0.15, -0.1) is 12.3 Å². The van der Waals surface area contributed by atoms with Crippen molar-refractivity contribution in [2.75, 3.05) is 5.32 Å². The summed E-state index contributed by atoms with van der Waals surface area (Å²) in [6.45, 7) is 5.40. The second-order valence-electron chi connectivity index (χ2n) is 6.16. The standard InChI is InChI=1S/C21H21N3O2/c1-5-8-19-14(2)22-21-20(11-7-12-24(19)21)26-15(3)17-9-6-10-18(13-17)23-16(4)25/h1,6-7,9-13,15H,8H2,2-4H3,(H,23,25). The number of pyridine rings is 1. The van der Waals surface area contributed by atoms with E-state index < -0.39 is 0 Å². The van der Waals surface area contributed by atoms with Crippen molar-refractivity contribution >= 4 is 17.2 Å². The summed E-state index contributed by atoms with van der Waals surface area (Å²) in [5.74, 6) is 3.26. The van der Waals surface area contributed by atoms with Crippen molar-refractivity contribution in [3.8, 4) is 18.1 Å². The van der Waals surface area contributed by atoms with E-state index in [2.05, 4.69) is 16.2 Å². The van der Waals surface area contributed by atoms with Gasteiger partial charge in [-0.05, 0) is 43.7 Å². The molecule has 1 amide bonds. The molecule has 0 bridgehead atoms. The third kappa shape index (κ3) is 3.55. The lowest BCUT2D eigenvalue weighted by atomic mass is 10.1. The number of carbonyl (C=O) groups excluding carboxylic acids is 1. The summed E-state index contributed by atoms with van der Waals surface area (Å²) in [7, 11) is 0. The molecule has 132 valence electrons. The third-order valence-corrected chi connectivity index (χ3v) is 4.16. The molecule has 0 aliphatic carbocycles.